The van der Waals surface area contributed by atoms with Crippen LogP contribution in [0.5, 0.6) is 0 Å². The standard InChI is InChI=1S/C10H13BrN2OS/c11-9-4-7(6-15-9)5-13-10(14)8-2-1-3-12-8/h4,6,8,12H,1-3,5H2,(H,13,14). The first-order valence-electron chi connectivity index (χ1n) is 5.00. The Morgan fingerprint density at radius 2 is 2.60 bits per heavy atom. The van der Waals surface area contributed by atoms with E-state index in [1.807, 2.05) is 11.4 Å². The van der Waals surface area contributed by atoms with E-state index in [1.54, 1.807) is 11.3 Å². The maximum absolute atomic E-state index is 11.6. The molecule has 82 valence electrons. The lowest BCUT2D eigenvalue weighted by Gasteiger charge is -2.09. The van der Waals surface area contributed by atoms with Crippen LogP contribution in [0.1, 0.15) is 18.4 Å². The number of hydrogen-bond acceptors (Lipinski definition) is 3. The minimum Gasteiger partial charge on any atom is -0.351 e. The van der Waals surface area contributed by atoms with Crippen molar-refractivity contribution < 1.29 is 4.79 Å². The Hall–Kier alpha value is -0.390. The van der Waals surface area contributed by atoms with Gasteiger partial charge < -0.3 is 10.6 Å². The van der Waals surface area contributed by atoms with Crippen LogP contribution in [0.3, 0.4) is 0 Å². The van der Waals surface area contributed by atoms with Crippen LogP contribution >= 0.6 is 27.3 Å². The van der Waals surface area contributed by atoms with Crippen molar-refractivity contribution in [3.63, 3.8) is 0 Å². The van der Waals surface area contributed by atoms with E-state index in [9.17, 15) is 4.79 Å². The van der Waals surface area contributed by atoms with Crippen molar-refractivity contribution >= 4 is 33.2 Å². The average molecular weight is 289 g/mol. The van der Waals surface area contributed by atoms with E-state index in [0.717, 1.165) is 28.7 Å². The maximum Gasteiger partial charge on any atom is 0.237 e. The highest BCUT2D eigenvalue weighted by atomic mass is 79.9. The molecule has 0 bridgehead atoms. The molecule has 2 heterocycles. The third-order valence-electron chi connectivity index (χ3n) is 2.47. The highest BCUT2D eigenvalue weighted by Gasteiger charge is 2.21. The second kappa shape index (κ2) is 5.09. The van der Waals surface area contributed by atoms with Gasteiger partial charge in [-0.1, -0.05) is 0 Å². The van der Waals surface area contributed by atoms with Crippen LogP contribution in [-0.4, -0.2) is 18.5 Å². The normalized spacial score (nSPS) is 20.5. The molecule has 1 aromatic rings. The Balaban J connectivity index is 1.80. The number of halogens is 1. The molecule has 1 unspecified atom stereocenters. The highest BCUT2D eigenvalue weighted by molar-refractivity contribution is 9.11. The quantitative estimate of drug-likeness (QED) is 0.892. The summed E-state index contributed by atoms with van der Waals surface area (Å²) in [5, 5.41) is 8.17. The van der Waals surface area contributed by atoms with Gasteiger partial charge in [-0.2, -0.15) is 0 Å². The van der Waals surface area contributed by atoms with Gasteiger partial charge in [0, 0.05) is 6.54 Å². The lowest BCUT2D eigenvalue weighted by molar-refractivity contribution is -0.122. The second-order valence-corrected chi connectivity index (χ2v) is 5.92. The number of amides is 1. The molecule has 0 radical (unpaired) electrons. The fourth-order valence-corrected chi connectivity index (χ4v) is 2.87. The zero-order chi connectivity index (χ0) is 10.7. The third kappa shape index (κ3) is 3.03. The van der Waals surface area contributed by atoms with Crippen molar-refractivity contribution in [3.05, 3.63) is 20.8 Å². The third-order valence-corrected chi connectivity index (χ3v) is 4.02. The first-order valence-corrected chi connectivity index (χ1v) is 6.67. The van der Waals surface area contributed by atoms with Gasteiger partial charge in [-0.15, -0.1) is 11.3 Å². The predicted octanol–water partition coefficient (Wildman–Crippen LogP) is 1.88. The summed E-state index contributed by atoms with van der Waals surface area (Å²) in [6, 6.07) is 2.06. The zero-order valence-electron chi connectivity index (χ0n) is 8.25. The van der Waals surface area contributed by atoms with Gasteiger partial charge in [0.1, 0.15) is 0 Å². The fourth-order valence-electron chi connectivity index (χ4n) is 1.66. The molecule has 0 aromatic carbocycles. The molecule has 1 aliphatic rings. The number of carbonyl (C=O) groups is 1. The lowest BCUT2D eigenvalue weighted by Crippen LogP contribution is -2.39. The van der Waals surface area contributed by atoms with Crippen LogP contribution in [0, 0.1) is 0 Å². The number of carbonyl (C=O) groups excluding carboxylic acids is 1. The number of nitrogens with one attached hydrogen (secondary N) is 2. The summed E-state index contributed by atoms with van der Waals surface area (Å²) >= 11 is 5.04. The number of thiophene rings is 1. The van der Waals surface area contributed by atoms with Crippen LogP contribution in [0.15, 0.2) is 15.2 Å². The number of hydrogen-bond donors (Lipinski definition) is 2. The minimum atomic E-state index is 0.0204. The van der Waals surface area contributed by atoms with E-state index in [4.69, 9.17) is 0 Å². The first-order chi connectivity index (χ1) is 7.25. The van der Waals surface area contributed by atoms with Crippen LogP contribution < -0.4 is 10.6 Å². The molecule has 0 aliphatic carbocycles. The van der Waals surface area contributed by atoms with Gasteiger partial charge in [0.25, 0.3) is 0 Å². The molecule has 2 N–H and O–H groups in total. The number of rotatable bonds is 3. The fraction of sp³-hybridized carbons (Fsp3) is 0.500. The van der Waals surface area contributed by atoms with Gasteiger partial charge in [0.2, 0.25) is 5.91 Å². The molecular formula is C10H13BrN2OS. The largest absolute Gasteiger partial charge is 0.351 e. The summed E-state index contributed by atoms with van der Waals surface area (Å²) in [7, 11) is 0. The molecule has 15 heavy (non-hydrogen) atoms. The first kappa shape index (κ1) is 11.1. The van der Waals surface area contributed by atoms with Crippen molar-refractivity contribution in [1.82, 2.24) is 10.6 Å². The van der Waals surface area contributed by atoms with E-state index in [-0.39, 0.29) is 11.9 Å². The SMILES string of the molecule is O=C(NCc1csc(Br)c1)C1CCCN1. The summed E-state index contributed by atoms with van der Waals surface area (Å²) in [4.78, 5) is 11.6. The van der Waals surface area contributed by atoms with Crippen molar-refractivity contribution in [3.8, 4) is 0 Å². The smallest absolute Gasteiger partial charge is 0.237 e. The van der Waals surface area contributed by atoms with E-state index in [2.05, 4.69) is 26.6 Å². The molecule has 1 atom stereocenters. The van der Waals surface area contributed by atoms with Crippen molar-refractivity contribution in [2.24, 2.45) is 0 Å². The van der Waals surface area contributed by atoms with Crippen molar-refractivity contribution in [1.29, 1.82) is 0 Å². The van der Waals surface area contributed by atoms with E-state index < -0.39 is 0 Å². The van der Waals surface area contributed by atoms with E-state index >= 15 is 0 Å². The topological polar surface area (TPSA) is 41.1 Å². The Labute approximate surface area is 101 Å². The average Bonchev–Trinajstić information content (AvgIpc) is 2.84. The van der Waals surface area contributed by atoms with E-state index in [0.29, 0.717) is 6.54 Å². The molecular weight excluding hydrogens is 276 g/mol. The van der Waals surface area contributed by atoms with E-state index in [1.165, 1.54) is 0 Å². The summed E-state index contributed by atoms with van der Waals surface area (Å²) in [5.41, 5.74) is 1.15. The summed E-state index contributed by atoms with van der Waals surface area (Å²) in [5.74, 6) is 0.120. The molecule has 1 fully saturated rings. The second-order valence-electron chi connectivity index (χ2n) is 3.63. The summed E-state index contributed by atoms with van der Waals surface area (Å²) in [6.07, 6.45) is 2.06. The zero-order valence-corrected chi connectivity index (χ0v) is 10.7. The summed E-state index contributed by atoms with van der Waals surface area (Å²) in [6.45, 7) is 1.58. The highest BCUT2D eigenvalue weighted by Crippen LogP contribution is 2.20. The van der Waals surface area contributed by atoms with Gasteiger partial charge in [0.05, 0.1) is 9.83 Å². The molecule has 0 saturated carbocycles. The summed E-state index contributed by atoms with van der Waals surface area (Å²) < 4.78 is 1.10. The molecule has 3 nitrogen and oxygen atoms in total. The molecule has 5 heteroatoms. The van der Waals surface area contributed by atoms with Crippen LogP contribution in [-0.2, 0) is 11.3 Å². The van der Waals surface area contributed by atoms with Gasteiger partial charge in [-0.25, -0.2) is 0 Å². The molecule has 1 aromatic heterocycles. The Morgan fingerprint density at radius 1 is 1.73 bits per heavy atom. The Bertz CT molecular complexity index is 347. The monoisotopic (exact) mass is 288 g/mol. The van der Waals surface area contributed by atoms with Gasteiger partial charge in [0.15, 0.2) is 0 Å². The van der Waals surface area contributed by atoms with Crippen molar-refractivity contribution in [2.75, 3.05) is 6.54 Å². The van der Waals surface area contributed by atoms with Crippen molar-refractivity contribution in [2.45, 2.75) is 25.4 Å². The van der Waals surface area contributed by atoms with Crippen LogP contribution in [0.25, 0.3) is 0 Å². The molecule has 1 saturated heterocycles. The van der Waals surface area contributed by atoms with Crippen LogP contribution in [0.4, 0.5) is 0 Å². The molecule has 1 aliphatic heterocycles. The van der Waals surface area contributed by atoms with Gasteiger partial charge >= 0.3 is 0 Å². The van der Waals surface area contributed by atoms with Gasteiger partial charge in [-0.05, 0) is 52.3 Å². The van der Waals surface area contributed by atoms with Gasteiger partial charge in [-0.3, -0.25) is 4.79 Å². The molecule has 0 spiro atoms. The minimum absolute atomic E-state index is 0.0204. The predicted molar refractivity (Wildman–Crippen MR) is 64.9 cm³/mol. The maximum atomic E-state index is 11.6. The molecule has 2 rings (SSSR count). The molecule has 1 amide bonds. The Morgan fingerprint density at radius 3 is 3.20 bits per heavy atom. The van der Waals surface area contributed by atoms with Crippen LogP contribution in [0.2, 0.25) is 0 Å². The lowest BCUT2D eigenvalue weighted by atomic mass is 10.2. The Kier molecular flexibility index (Phi) is 3.77.